The van der Waals surface area contributed by atoms with E-state index in [-0.39, 0.29) is 5.75 Å². The molecule has 0 N–H and O–H groups in total. The van der Waals surface area contributed by atoms with Crippen LogP contribution in [0.15, 0.2) is 36.4 Å². The number of hydrogen-bond acceptors (Lipinski definition) is 1. The highest BCUT2D eigenvalue weighted by Crippen LogP contribution is 2.38. The Kier molecular flexibility index (Phi) is 8.09. The van der Waals surface area contributed by atoms with Gasteiger partial charge in [0.2, 0.25) is 5.82 Å². The molecule has 2 aromatic rings. The zero-order valence-electron chi connectivity index (χ0n) is 17.9. The molecule has 1 aliphatic carbocycles. The predicted octanol–water partition coefficient (Wildman–Crippen LogP) is 8.27. The van der Waals surface area contributed by atoms with Crippen molar-refractivity contribution in [1.82, 2.24) is 0 Å². The summed E-state index contributed by atoms with van der Waals surface area (Å²) in [7, 11) is 0. The lowest BCUT2D eigenvalue weighted by atomic mass is 9.77. The number of rotatable bonds is 9. The van der Waals surface area contributed by atoms with Gasteiger partial charge in [-0.05, 0) is 67.2 Å². The van der Waals surface area contributed by atoms with Gasteiger partial charge in [-0.2, -0.15) is 4.39 Å². The summed E-state index contributed by atoms with van der Waals surface area (Å²) in [5.41, 5.74) is 2.32. The van der Waals surface area contributed by atoms with Crippen LogP contribution >= 0.6 is 0 Å². The Labute approximate surface area is 174 Å². The minimum Gasteiger partial charge on any atom is -0.490 e. The fourth-order valence-corrected chi connectivity index (χ4v) is 4.40. The monoisotopic (exact) mass is 400 g/mol. The van der Waals surface area contributed by atoms with Crippen molar-refractivity contribution in [3.8, 4) is 16.9 Å². The standard InChI is InChI=1S/C26H34F2O/c1-3-5-7-19-8-10-20(11-9-19)21-12-14-22(15-13-21)23-16-17-24(26(28)25(23)27)29-18-6-4-2/h12-17,19-20H,3-11,18H2,1-2H3. The van der Waals surface area contributed by atoms with Crippen LogP contribution in [0.2, 0.25) is 0 Å². The van der Waals surface area contributed by atoms with Crippen molar-refractivity contribution >= 4 is 0 Å². The summed E-state index contributed by atoms with van der Waals surface area (Å²) in [4.78, 5) is 0. The van der Waals surface area contributed by atoms with E-state index in [2.05, 4.69) is 19.1 Å². The second kappa shape index (κ2) is 10.8. The second-order valence-electron chi connectivity index (χ2n) is 8.42. The van der Waals surface area contributed by atoms with E-state index in [1.165, 1.54) is 56.6 Å². The van der Waals surface area contributed by atoms with E-state index in [9.17, 15) is 8.78 Å². The van der Waals surface area contributed by atoms with E-state index in [1.807, 2.05) is 19.1 Å². The summed E-state index contributed by atoms with van der Waals surface area (Å²) < 4.78 is 34.3. The van der Waals surface area contributed by atoms with Crippen molar-refractivity contribution in [3.05, 3.63) is 53.6 Å². The molecule has 1 fully saturated rings. The zero-order valence-corrected chi connectivity index (χ0v) is 17.9. The molecule has 0 heterocycles. The molecule has 0 aliphatic heterocycles. The largest absolute Gasteiger partial charge is 0.490 e. The van der Waals surface area contributed by atoms with Crippen LogP contribution in [0.4, 0.5) is 8.78 Å². The molecular formula is C26H34F2O. The number of benzene rings is 2. The molecule has 0 amide bonds. The minimum atomic E-state index is -0.895. The van der Waals surface area contributed by atoms with Gasteiger partial charge in [0.1, 0.15) is 0 Å². The zero-order chi connectivity index (χ0) is 20.6. The lowest BCUT2D eigenvalue weighted by Gasteiger charge is -2.29. The first kappa shape index (κ1) is 21.8. The maximum Gasteiger partial charge on any atom is 0.201 e. The third-order valence-electron chi connectivity index (χ3n) is 6.31. The molecule has 0 bridgehead atoms. The van der Waals surface area contributed by atoms with Crippen LogP contribution < -0.4 is 4.74 Å². The summed E-state index contributed by atoms with van der Waals surface area (Å²) in [6, 6.07) is 11.2. The highest BCUT2D eigenvalue weighted by molar-refractivity contribution is 5.65. The molecule has 3 rings (SSSR count). The summed E-state index contributed by atoms with van der Waals surface area (Å²) in [6.45, 7) is 4.70. The molecule has 0 spiro atoms. The van der Waals surface area contributed by atoms with Crippen molar-refractivity contribution in [1.29, 1.82) is 0 Å². The topological polar surface area (TPSA) is 9.23 Å². The molecule has 0 aromatic heterocycles. The molecule has 29 heavy (non-hydrogen) atoms. The minimum absolute atomic E-state index is 0.00356. The first-order valence-electron chi connectivity index (χ1n) is 11.3. The second-order valence-corrected chi connectivity index (χ2v) is 8.42. The fourth-order valence-electron chi connectivity index (χ4n) is 4.40. The lowest BCUT2D eigenvalue weighted by molar-refractivity contribution is 0.289. The Hall–Kier alpha value is -1.90. The lowest BCUT2D eigenvalue weighted by Crippen LogP contribution is -2.13. The SMILES string of the molecule is CCCCOc1ccc(-c2ccc(C3CCC(CCCC)CC3)cc2)c(F)c1F. The number of halogens is 2. The van der Waals surface area contributed by atoms with E-state index in [1.54, 1.807) is 6.07 Å². The van der Waals surface area contributed by atoms with E-state index in [4.69, 9.17) is 4.74 Å². The third kappa shape index (κ3) is 5.58. The molecule has 0 saturated heterocycles. The van der Waals surface area contributed by atoms with E-state index in [0.29, 0.717) is 23.7 Å². The number of ether oxygens (including phenoxy) is 1. The van der Waals surface area contributed by atoms with Crippen LogP contribution in [-0.2, 0) is 0 Å². The van der Waals surface area contributed by atoms with Crippen LogP contribution in [0.3, 0.4) is 0 Å². The summed E-state index contributed by atoms with van der Waals surface area (Å²) >= 11 is 0. The van der Waals surface area contributed by atoms with Crippen LogP contribution in [-0.4, -0.2) is 6.61 Å². The first-order chi connectivity index (χ1) is 14.1. The molecule has 0 radical (unpaired) electrons. The normalized spacial score (nSPS) is 19.3. The first-order valence-corrected chi connectivity index (χ1v) is 11.3. The maximum absolute atomic E-state index is 14.6. The molecule has 1 aliphatic rings. The molecule has 158 valence electrons. The molecule has 0 atom stereocenters. The van der Waals surface area contributed by atoms with E-state index in [0.717, 1.165) is 18.8 Å². The van der Waals surface area contributed by atoms with E-state index < -0.39 is 11.6 Å². The van der Waals surface area contributed by atoms with Gasteiger partial charge < -0.3 is 4.74 Å². The summed E-state index contributed by atoms with van der Waals surface area (Å²) in [5, 5.41) is 0. The van der Waals surface area contributed by atoms with Crippen LogP contribution in [0.1, 0.15) is 83.1 Å². The average Bonchev–Trinajstić information content (AvgIpc) is 2.76. The summed E-state index contributed by atoms with van der Waals surface area (Å²) in [5.74, 6) is -0.245. The Morgan fingerprint density at radius 2 is 1.52 bits per heavy atom. The van der Waals surface area contributed by atoms with Gasteiger partial charge in [0.25, 0.3) is 0 Å². The molecule has 1 nitrogen and oxygen atoms in total. The quantitative estimate of drug-likeness (QED) is 0.385. The number of unbranched alkanes of at least 4 members (excludes halogenated alkanes) is 2. The summed E-state index contributed by atoms with van der Waals surface area (Å²) in [6.07, 6.45) is 10.9. The van der Waals surface area contributed by atoms with Crippen molar-refractivity contribution in [3.63, 3.8) is 0 Å². The van der Waals surface area contributed by atoms with Crippen LogP contribution in [0, 0.1) is 17.6 Å². The molecule has 0 unspecified atom stereocenters. The van der Waals surface area contributed by atoms with Gasteiger partial charge >= 0.3 is 0 Å². The third-order valence-corrected chi connectivity index (χ3v) is 6.31. The van der Waals surface area contributed by atoms with Crippen LogP contribution in [0.5, 0.6) is 5.75 Å². The van der Waals surface area contributed by atoms with E-state index >= 15 is 0 Å². The predicted molar refractivity (Wildman–Crippen MR) is 116 cm³/mol. The Morgan fingerprint density at radius 3 is 2.17 bits per heavy atom. The van der Waals surface area contributed by atoms with Gasteiger partial charge in [0.05, 0.1) is 6.61 Å². The van der Waals surface area contributed by atoms with Gasteiger partial charge in [-0.15, -0.1) is 0 Å². The van der Waals surface area contributed by atoms with Crippen molar-refractivity contribution in [2.24, 2.45) is 5.92 Å². The van der Waals surface area contributed by atoms with Crippen LogP contribution in [0.25, 0.3) is 11.1 Å². The van der Waals surface area contributed by atoms with Gasteiger partial charge in [0, 0.05) is 5.56 Å². The molecule has 1 saturated carbocycles. The van der Waals surface area contributed by atoms with Gasteiger partial charge in [-0.1, -0.05) is 63.8 Å². The maximum atomic E-state index is 14.6. The van der Waals surface area contributed by atoms with Crippen molar-refractivity contribution in [2.45, 2.75) is 77.6 Å². The highest BCUT2D eigenvalue weighted by atomic mass is 19.2. The Balaban J connectivity index is 1.65. The van der Waals surface area contributed by atoms with Gasteiger partial charge in [-0.25, -0.2) is 4.39 Å². The van der Waals surface area contributed by atoms with Gasteiger partial charge in [-0.3, -0.25) is 0 Å². The molecular weight excluding hydrogens is 366 g/mol. The fraction of sp³-hybridized carbons (Fsp3) is 0.538. The average molecular weight is 401 g/mol. The Bertz CT molecular complexity index is 761. The Morgan fingerprint density at radius 1 is 0.828 bits per heavy atom. The molecule has 3 heteroatoms. The highest BCUT2D eigenvalue weighted by Gasteiger charge is 2.22. The van der Waals surface area contributed by atoms with Gasteiger partial charge in [0.15, 0.2) is 11.6 Å². The van der Waals surface area contributed by atoms with Crippen molar-refractivity contribution < 1.29 is 13.5 Å². The smallest absolute Gasteiger partial charge is 0.201 e. The van der Waals surface area contributed by atoms with Crippen molar-refractivity contribution in [2.75, 3.05) is 6.61 Å². The molecule has 2 aromatic carbocycles. The number of hydrogen-bond donors (Lipinski definition) is 0.